The van der Waals surface area contributed by atoms with E-state index in [4.69, 9.17) is 0 Å². The summed E-state index contributed by atoms with van der Waals surface area (Å²) in [7, 11) is 0. The van der Waals surface area contributed by atoms with E-state index in [1.807, 2.05) is 47.4 Å². The summed E-state index contributed by atoms with van der Waals surface area (Å²) >= 11 is 0. The highest BCUT2D eigenvalue weighted by molar-refractivity contribution is 5.95. The number of rotatable bonds is 8. The predicted octanol–water partition coefficient (Wildman–Crippen LogP) is 5.99. The van der Waals surface area contributed by atoms with Crippen LogP contribution < -0.4 is 0 Å². The number of H-pyrrole nitrogens is 1. The van der Waals surface area contributed by atoms with Crippen molar-refractivity contribution in [2.24, 2.45) is 0 Å². The largest absolute Gasteiger partial charge is 0.354 e. The Morgan fingerprint density at radius 3 is 2.45 bits per heavy atom. The number of carbonyl (C=O) groups excluding carboxylic acids is 1. The van der Waals surface area contributed by atoms with Crippen molar-refractivity contribution in [1.29, 1.82) is 0 Å². The number of hydrogen-bond donors (Lipinski definition) is 1. The average molecular weight is 412 g/mol. The van der Waals surface area contributed by atoms with Crippen molar-refractivity contribution in [3.05, 3.63) is 90.3 Å². The summed E-state index contributed by atoms with van der Waals surface area (Å²) in [6.45, 7) is 4.92. The molecule has 4 aromatic rings. The van der Waals surface area contributed by atoms with Crippen molar-refractivity contribution >= 4 is 16.8 Å². The van der Waals surface area contributed by atoms with E-state index < -0.39 is 0 Å². The fourth-order valence-electron chi connectivity index (χ4n) is 4.24. The van der Waals surface area contributed by atoms with Crippen LogP contribution in [0.3, 0.4) is 0 Å². The van der Waals surface area contributed by atoms with Crippen LogP contribution in [-0.2, 0) is 17.8 Å². The fourth-order valence-corrected chi connectivity index (χ4v) is 4.24. The molecule has 0 fully saturated rings. The molecule has 1 unspecified atom stereocenters. The Balaban J connectivity index is 1.70. The molecule has 0 saturated carbocycles. The molecule has 31 heavy (non-hydrogen) atoms. The number of benzene rings is 2. The molecule has 0 saturated heterocycles. The zero-order valence-electron chi connectivity index (χ0n) is 18.2. The molecule has 0 radical (unpaired) electrons. The highest BCUT2D eigenvalue weighted by Crippen LogP contribution is 2.31. The SMILES string of the molecule is CCCC(C)N(Cc1ccncc1)C(=O)Cc1c(-c2ccccc2)[nH]c2ccccc12. The van der Waals surface area contributed by atoms with Gasteiger partial charge in [-0.25, -0.2) is 0 Å². The monoisotopic (exact) mass is 411 g/mol. The summed E-state index contributed by atoms with van der Waals surface area (Å²) < 4.78 is 0. The van der Waals surface area contributed by atoms with Gasteiger partial charge in [0, 0.05) is 35.9 Å². The first-order chi connectivity index (χ1) is 15.2. The van der Waals surface area contributed by atoms with Crippen molar-refractivity contribution in [3.8, 4) is 11.3 Å². The summed E-state index contributed by atoms with van der Waals surface area (Å²) in [5.41, 5.74) is 5.36. The molecule has 0 aliphatic rings. The van der Waals surface area contributed by atoms with Crippen molar-refractivity contribution in [2.45, 2.75) is 45.7 Å². The summed E-state index contributed by atoms with van der Waals surface area (Å²) in [5, 5.41) is 1.11. The number of fused-ring (bicyclic) bond motifs is 1. The van der Waals surface area contributed by atoms with Crippen LogP contribution in [0.5, 0.6) is 0 Å². The third-order valence-electron chi connectivity index (χ3n) is 5.87. The van der Waals surface area contributed by atoms with Gasteiger partial charge in [0.25, 0.3) is 0 Å². The van der Waals surface area contributed by atoms with Crippen LogP contribution in [0.4, 0.5) is 0 Å². The van der Waals surface area contributed by atoms with E-state index in [0.717, 1.165) is 46.1 Å². The molecular formula is C27H29N3O. The Morgan fingerprint density at radius 2 is 1.71 bits per heavy atom. The molecule has 4 rings (SSSR count). The Labute approximate surface area is 183 Å². The standard InChI is InChI=1S/C27H29N3O/c1-3-9-20(2)30(19-21-14-16-28-17-15-21)26(31)18-24-23-12-7-8-13-25(23)29-27(24)22-10-5-4-6-11-22/h4-8,10-17,20,29H,3,9,18-19H2,1-2H3. The Kier molecular flexibility index (Phi) is 6.46. The van der Waals surface area contributed by atoms with Crippen LogP contribution >= 0.6 is 0 Å². The zero-order valence-corrected chi connectivity index (χ0v) is 18.2. The Morgan fingerprint density at radius 1 is 1.00 bits per heavy atom. The molecule has 0 aliphatic carbocycles. The molecule has 4 nitrogen and oxygen atoms in total. The number of pyridine rings is 1. The van der Waals surface area contributed by atoms with E-state index in [-0.39, 0.29) is 11.9 Å². The number of amides is 1. The third-order valence-corrected chi connectivity index (χ3v) is 5.87. The maximum Gasteiger partial charge on any atom is 0.227 e. The topological polar surface area (TPSA) is 49.0 Å². The quantitative estimate of drug-likeness (QED) is 0.387. The lowest BCUT2D eigenvalue weighted by molar-refractivity contribution is -0.133. The molecule has 0 bridgehead atoms. The van der Waals surface area contributed by atoms with Gasteiger partial charge in [-0.05, 0) is 48.2 Å². The normalized spacial score (nSPS) is 12.1. The first kappa shape index (κ1) is 20.9. The van der Waals surface area contributed by atoms with E-state index in [9.17, 15) is 4.79 Å². The van der Waals surface area contributed by atoms with Crippen molar-refractivity contribution < 1.29 is 4.79 Å². The minimum atomic E-state index is 0.152. The second-order valence-electron chi connectivity index (χ2n) is 8.08. The van der Waals surface area contributed by atoms with Gasteiger partial charge in [0.05, 0.1) is 12.1 Å². The second-order valence-corrected chi connectivity index (χ2v) is 8.08. The number of aromatic nitrogens is 2. The molecule has 2 aromatic heterocycles. The maximum absolute atomic E-state index is 13.7. The summed E-state index contributed by atoms with van der Waals surface area (Å²) in [6.07, 6.45) is 5.97. The average Bonchev–Trinajstić information content (AvgIpc) is 3.17. The number of aromatic amines is 1. The van der Waals surface area contributed by atoms with Gasteiger partial charge in [-0.2, -0.15) is 0 Å². The molecule has 0 aliphatic heterocycles. The van der Waals surface area contributed by atoms with Gasteiger partial charge in [-0.15, -0.1) is 0 Å². The minimum Gasteiger partial charge on any atom is -0.354 e. The lowest BCUT2D eigenvalue weighted by atomic mass is 10.0. The molecule has 2 heterocycles. The van der Waals surface area contributed by atoms with E-state index in [0.29, 0.717) is 13.0 Å². The molecule has 2 aromatic carbocycles. The predicted molar refractivity (Wildman–Crippen MR) is 127 cm³/mol. The number of nitrogens with one attached hydrogen (secondary N) is 1. The maximum atomic E-state index is 13.7. The first-order valence-electron chi connectivity index (χ1n) is 11.0. The number of carbonyl (C=O) groups is 1. The minimum absolute atomic E-state index is 0.152. The van der Waals surface area contributed by atoms with Crippen molar-refractivity contribution in [3.63, 3.8) is 0 Å². The fraction of sp³-hybridized carbons (Fsp3) is 0.259. The zero-order chi connectivity index (χ0) is 21.6. The Hall–Kier alpha value is -3.40. The molecular weight excluding hydrogens is 382 g/mol. The molecule has 1 amide bonds. The number of hydrogen-bond acceptors (Lipinski definition) is 2. The summed E-state index contributed by atoms with van der Waals surface area (Å²) in [6, 6.07) is 22.6. The first-order valence-corrected chi connectivity index (χ1v) is 11.0. The van der Waals surface area contributed by atoms with Crippen molar-refractivity contribution in [2.75, 3.05) is 0 Å². The lowest BCUT2D eigenvalue weighted by Crippen LogP contribution is -2.39. The second kappa shape index (κ2) is 9.61. The molecule has 0 spiro atoms. The van der Waals surface area contributed by atoms with Crippen molar-refractivity contribution in [1.82, 2.24) is 14.9 Å². The van der Waals surface area contributed by atoms with Gasteiger partial charge >= 0.3 is 0 Å². The van der Waals surface area contributed by atoms with E-state index in [2.05, 4.69) is 48.1 Å². The van der Waals surface area contributed by atoms with Gasteiger partial charge in [0.2, 0.25) is 5.91 Å². The Bertz CT molecular complexity index is 1140. The van der Waals surface area contributed by atoms with E-state index >= 15 is 0 Å². The van der Waals surface area contributed by atoms with Gasteiger partial charge < -0.3 is 9.88 Å². The molecule has 4 heteroatoms. The van der Waals surface area contributed by atoms with E-state index in [1.165, 1.54) is 0 Å². The van der Waals surface area contributed by atoms with Gasteiger partial charge in [0.15, 0.2) is 0 Å². The highest BCUT2D eigenvalue weighted by atomic mass is 16.2. The molecule has 1 atom stereocenters. The van der Waals surface area contributed by atoms with Crippen LogP contribution in [0.25, 0.3) is 22.2 Å². The summed E-state index contributed by atoms with van der Waals surface area (Å²) in [4.78, 5) is 23.3. The van der Waals surface area contributed by atoms with Crippen LogP contribution in [0.2, 0.25) is 0 Å². The molecule has 1 N–H and O–H groups in total. The summed E-state index contributed by atoms with van der Waals surface area (Å²) in [5.74, 6) is 0.152. The van der Waals surface area contributed by atoms with Crippen LogP contribution in [0, 0.1) is 0 Å². The van der Waals surface area contributed by atoms with Crippen LogP contribution in [0.15, 0.2) is 79.1 Å². The smallest absolute Gasteiger partial charge is 0.227 e. The lowest BCUT2D eigenvalue weighted by Gasteiger charge is -2.29. The van der Waals surface area contributed by atoms with Crippen LogP contribution in [-0.4, -0.2) is 26.8 Å². The number of para-hydroxylation sites is 1. The molecule has 158 valence electrons. The number of nitrogens with zero attached hydrogens (tertiary/aromatic N) is 2. The van der Waals surface area contributed by atoms with Gasteiger partial charge in [-0.3, -0.25) is 9.78 Å². The van der Waals surface area contributed by atoms with Crippen LogP contribution in [0.1, 0.15) is 37.8 Å². The third kappa shape index (κ3) is 4.69. The highest BCUT2D eigenvalue weighted by Gasteiger charge is 2.23. The van der Waals surface area contributed by atoms with Gasteiger partial charge in [-0.1, -0.05) is 61.9 Å². The van der Waals surface area contributed by atoms with E-state index in [1.54, 1.807) is 12.4 Å². The van der Waals surface area contributed by atoms with Gasteiger partial charge in [0.1, 0.15) is 0 Å².